The van der Waals surface area contributed by atoms with Gasteiger partial charge in [-0.15, -0.1) is 0 Å². The molecular formula is C15H26N4O. The highest BCUT2D eigenvalue weighted by Crippen LogP contribution is 2.17. The van der Waals surface area contributed by atoms with Crippen LogP contribution >= 0.6 is 0 Å². The van der Waals surface area contributed by atoms with Crippen molar-refractivity contribution in [3.05, 3.63) is 18.1 Å². The van der Waals surface area contributed by atoms with Crippen LogP contribution in [0.3, 0.4) is 0 Å². The lowest BCUT2D eigenvalue weighted by Crippen LogP contribution is -2.45. The molecule has 1 aromatic rings. The van der Waals surface area contributed by atoms with Gasteiger partial charge in [0.25, 0.3) is 0 Å². The summed E-state index contributed by atoms with van der Waals surface area (Å²) in [7, 11) is 0. The van der Waals surface area contributed by atoms with E-state index in [9.17, 15) is 0 Å². The van der Waals surface area contributed by atoms with Gasteiger partial charge in [0.1, 0.15) is 5.82 Å². The standard InChI is InChI=1S/C15H26N4O/c1-11(2)5-16-6-14-7-18-15(8-17-14)19-9-12(3)20-13(4)10-19/h7-8,11-13,16H,5-6,9-10H2,1-4H3/t12-,13+. The van der Waals surface area contributed by atoms with Gasteiger partial charge in [-0.25, -0.2) is 4.98 Å². The zero-order chi connectivity index (χ0) is 14.5. The number of nitrogens with one attached hydrogen (secondary N) is 1. The minimum Gasteiger partial charge on any atom is -0.372 e. The van der Waals surface area contributed by atoms with E-state index in [0.29, 0.717) is 5.92 Å². The molecule has 0 aliphatic carbocycles. The number of ether oxygens (including phenoxy) is 1. The average Bonchev–Trinajstić information content (AvgIpc) is 2.38. The van der Waals surface area contributed by atoms with Crippen LogP contribution in [0.15, 0.2) is 12.4 Å². The van der Waals surface area contributed by atoms with Gasteiger partial charge in [-0.1, -0.05) is 13.8 Å². The summed E-state index contributed by atoms with van der Waals surface area (Å²) in [6.45, 7) is 12.1. The Morgan fingerprint density at radius 2 is 1.95 bits per heavy atom. The zero-order valence-corrected chi connectivity index (χ0v) is 13.0. The first-order valence-corrected chi connectivity index (χ1v) is 7.46. The third-order valence-corrected chi connectivity index (χ3v) is 3.29. The molecule has 5 heteroatoms. The molecule has 1 aromatic heterocycles. The van der Waals surface area contributed by atoms with Crippen LogP contribution in [0.25, 0.3) is 0 Å². The second-order valence-corrected chi connectivity index (χ2v) is 6.05. The van der Waals surface area contributed by atoms with Crippen LogP contribution < -0.4 is 10.2 Å². The summed E-state index contributed by atoms with van der Waals surface area (Å²) in [5.74, 6) is 1.60. The van der Waals surface area contributed by atoms with E-state index in [-0.39, 0.29) is 12.2 Å². The summed E-state index contributed by atoms with van der Waals surface area (Å²) in [5.41, 5.74) is 0.990. The number of anilines is 1. The highest BCUT2D eigenvalue weighted by atomic mass is 16.5. The average molecular weight is 278 g/mol. The van der Waals surface area contributed by atoms with Gasteiger partial charge >= 0.3 is 0 Å². The van der Waals surface area contributed by atoms with Crippen LogP contribution in [-0.2, 0) is 11.3 Å². The molecule has 0 amide bonds. The Morgan fingerprint density at radius 1 is 1.25 bits per heavy atom. The molecule has 1 fully saturated rings. The van der Waals surface area contributed by atoms with E-state index >= 15 is 0 Å². The molecule has 0 bridgehead atoms. The fourth-order valence-electron chi connectivity index (χ4n) is 2.46. The van der Waals surface area contributed by atoms with Gasteiger partial charge in [-0.3, -0.25) is 4.98 Å². The Bertz CT molecular complexity index is 397. The van der Waals surface area contributed by atoms with Crippen molar-refractivity contribution in [2.24, 2.45) is 5.92 Å². The molecule has 0 unspecified atom stereocenters. The molecule has 20 heavy (non-hydrogen) atoms. The largest absolute Gasteiger partial charge is 0.372 e. The summed E-state index contributed by atoms with van der Waals surface area (Å²) in [5, 5.41) is 3.38. The molecule has 0 spiro atoms. The molecule has 1 aliphatic rings. The lowest BCUT2D eigenvalue weighted by atomic mass is 10.2. The maximum Gasteiger partial charge on any atom is 0.147 e. The van der Waals surface area contributed by atoms with Crippen LogP contribution in [0.5, 0.6) is 0 Å². The lowest BCUT2D eigenvalue weighted by molar-refractivity contribution is -0.00547. The maximum atomic E-state index is 5.74. The number of morpholine rings is 1. The van der Waals surface area contributed by atoms with Crippen molar-refractivity contribution in [2.45, 2.75) is 46.4 Å². The third kappa shape index (κ3) is 4.42. The van der Waals surface area contributed by atoms with E-state index in [1.807, 2.05) is 12.4 Å². The molecule has 2 heterocycles. The van der Waals surface area contributed by atoms with E-state index in [2.05, 4.69) is 47.9 Å². The molecule has 2 atom stereocenters. The molecule has 5 nitrogen and oxygen atoms in total. The molecule has 1 saturated heterocycles. The quantitative estimate of drug-likeness (QED) is 0.890. The van der Waals surface area contributed by atoms with Crippen molar-refractivity contribution in [1.82, 2.24) is 15.3 Å². The van der Waals surface area contributed by atoms with Gasteiger partial charge in [0.05, 0.1) is 30.3 Å². The normalized spacial score (nSPS) is 23.4. The maximum absolute atomic E-state index is 5.74. The topological polar surface area (TPSA) is 50.3 Å². The van der Waals surface area contributed by atoms with Crippen molar-refractivity contribution >= 4 is 5.82 Å². The Morgan fingerprint density at radius 3 is 2.50 bits per heavy atom. The Balaban J connectivity index is 1.90. The van der Waals surface area contributed by atoms with Crippen LogP contribution in [-0.4, -0.2) is 41.8 Å². The van der Waals surface area contributed by atoms with E-state index in [4.69, 9.17) is 4.74 Å². The van der Waals surface area contributed by atoms with Gasteiger partial charge in [0, 0.05) is 19.6 Å². The molecule has 0 aromatic carbocycles. The Kier molecular flexibility index (Phi) is 5.31. The zero-order valence-electron chi connectivity index (χ0n) is 13.0. The second kappa shape index (κ2) is 6.99. The summed E-state index contributed by atoms with van der Waals surface area (Å²) in [6.07, 6.45) is 4.23. The van der Waals surface area contributed by atoms with Crippen LogP contribution in [0, 0.1) is 5.92 Å². The summed E-state index contributed by atoms with van der Waals surface area (Å²) < 4.78 is 5.74. The fourth-order valence-corrected chi connectivity index (χ4v) is 2.46. The van der Waals surface area contributed by atoms with Gasteiger partial charge in [-0.05, 0) is 26.3 Å². The van der Waals surface area contributed by atoms with E-state index in [1.165, 1.54) is 0 Å². The van der Waals surface area contributed by atoms with E-state index in [0.717, 1.165) is 37.7 Å². The molecular weight excluding hydrogens is 252 g/mol. The third-order valence-electron chi connectivity index (χ3n) is 3.29. The number of nitrogens with zero attached hydrogens (tertiary/aromatic N) is 3. The van der Waals surface area contributed by atoms with Gasteiger partial charge in [-0.2, -0.15) is 0 Å². The first kappa shape index (κ1) is 15.2. The van der Waals surface area contributed by atoms with E-state index < -0.39 is 0 Å². The smallest absolute Gasteiger partial charge is 0.147 e. The SMILES string of the molecule is CC(C)CNCc1cnc(N2C[C@@H](C)O[C@@H](C)C2)cn1. The molecule has 1 N–H and O–H groups in total. The summed E-state index contributed by atoms with van der Waals surface area (Å²) in [4.78, 5) is 11.3. The van der Waals surface area contributed by atoms with Crippen molar-refractivity contribution < 1.29 is 4.74 Å². The fraction of sp³-hybridized carbons (Fsp3) is 0.733. The van der Waals surface area contributed by atoms with Crippen molar-refractivity contribution in [3.63, 3.8) is 0 Å². The van der Waals surface area contributed by atoms with Gasteiger partial charge < -0.3 is 15.0 Å². The lowest BCUT2D eigenvalue weighted by Gasteiger charge is -2.35. The highest BCUT2D eigenvalue weighted by Gasteiger charge is 2.23. The minimum absolute atomic E-state index is 0.243. The predicted octanol–water partition coefficient (Wildman–Crippen LogP) is 1.84. The second-order valence-electron chi connectivity index (χ2n) is 6.05. The molecule has 112 valence electrons. The Labute approximate surface area is 121 Å². The first-order chi connectivity index (χ1) is 9.54. The van der Waals surface area contributed by atoms with Crippen LogP contribution in [0.1, 0.15) is 33.4 Å². The number of aromatic nitrogens is 2. The number of rotatable bonds is 5. The molecule has 2 rings (SSSR count). The Hall–Kier alpha value is -1.20. The first-order valence-electron chi connectivity index (χ1n) is 7.46. The van der Waals surface area contributed by atoms with Crippen molar-refractivity contribution in [2.75, 3.05) is 24.5 Å². The van der Waals surface area contributed by atoms with Crippen molar-refractivity contribution in [1.29, 1.82) is 0 Å². The number of hydrogen-bond acceptors (Lipinski definition) is 5. The van der Waals surface area contributed by atoms with Crippen molar-refractivity contribution in [3.8, 4) is 0 Å². The van der Waals surface area contributed by atoms with Crippen LogP contribution in [0.2, 0.25) is 0 Å². The van der Waals surface area contributed by atoms with E-state index in [1.54, 1.807) is 0 Å². The molecule has 1 aliphatic heterocycles. The molecule has 0 radical (unpaired) electrons. The van der Waals surface area contributed by atoms with Gasteiger partial charge in [0.2, 0.25) is 0 Å². The molecule has 0 saturated carbocycles. The van der Waals surface area contributed by atoms with Gasteiger partial charge in [0.15, 0.2) is 0 Å². The highest BCUT2D eigenvalue weighted by molar-refractivity contribution is 5.36. The predicted molar refractivity (Wildman–Crippen MR) is 80.8 cm³/mol. The summed E-state index contributed by atoms with van der Waals surface area (Å²) >= 11 is 0. The monoisotopic (exact) mass is 278 g/mol. The van der Waals surface area contributed by atoms with Crippen LogP contribution in [0.4, 0.5) is 5.82 Å². The summed E-state index contributed by atoms with van der Waals surface area (Å²) in [6, 6.07) is 0. The minimum atomic E-state index is 0.243. The number of hydrogen-bond donors (Lipinski definition) is 1.